The number of rotatable bonds is 4. The predicted molar refractivity (Wildman–Crippen MR) is 161 cm³/mol. The van der Waals surface area contributed by atoms with E-state index in [-0.39, 0.29) is 17.3 Å². The van der Waals surface area contributed by atoms with Crippen LogP contribution in [-0.4, -0.2) is 57.9 Å². The summed E-state index contributed by atoms with van der Waals surface area (Å²) < 4.78 is 19.4. The first-order valence-corrected chi connectivity index (χ1v) is 17.1. The van der Waals surface area contributed by atoms with Crippen LogP contribution in [-0.2, 0) is 14.2 Å². The SMILES string of the molecule is CC1=CC23C(C)CC4C(C(C=C5COC(C)(C)OC5C2(O)C1OC(O)CC1CCCC2CCCC2(C)C1)C3O)C4(C)C. The van der Waals surface area contributed by atoms with E-state index >= 15 is 0 Å². The molecule has 0 amide bonds. The second-order valence-electron chi connectivity index (χ2n) is 17.1. The van der Waals surface area contributed by atoms with Gasteiger partial charge in [-0.1, -0.05) is 59.1 Å². The first kappa shape index (κ1) is 29.9. The van der Waals surface area contributed by atoms with Crippen molar-refractivity contribution in [1.82, 2.24) is 0 Å². The van der Waals surface area contributed by atoms with Crippen LogP contribution in [0.15, 0.2) is 23.3 Å². The Hall–Kier alpha value is -0.760. The summed E-state index contributed by atoms with van der Waals surface area (Å²) in [5.41, 5.74) is -0.242. The van der Waals surface area contributed by atoms with Crippen molar-refractivity contribution in [3.63, 3.8) is 0 Å². The number of ether oxygens (including phenoxy) is 3. The van der Waals surface area contributed by atoms with Gasteiger partial charge in [0.25, 0.3) is 0 Å². The summed E-state index contributed by atoms with van der Waals surface area (Å²) in [6.07, 6.45) is 11.3. The summed E-state index contributed by atoms with van der Waals surface area (Å²) in [6, 6.07) is 0. The molecule has 13 atom stereocenters. The number of fused-ring (bicyclic) bond motifs is 6. The molecule has 13 unspecified atom stereocenters. The molecule has 1 aliphatic heterocycles. The molecule has 7 aliphatic rings. The van der Waals surface area contributed by atoms with Gasteiger partial charge < -0.3 is 29.5 Å². The summed E-state index contributed by atoms with van der Waals surface area (Å²) in [5.74, 6) is 1.06. The fraction of sp³-hybridized carbons (Fsp3) is 0.889. The molecule has 4 saturated carbocycles. The van der Waals surface area contributed by atoms with Crippen molar-refractivity contribution in [1.29, 1.82) is 0 Å². The molecule has 7 rings (SSSR count). The number of hydrogen-bond acceptors (Lipinski definition) is 6. The Morgan fingerprint density at radius 2 is 1.83 bits per heavy atom. The summed E-state index contributed by atoms with van der Waals surface area (Å²) >= 11 is 0. The number of hydrogen-bond donors (Lipinski definition) is 3. The standard InChI is InChI=1S/C36H56O6/c1-20-17-35-21(2)14-26-28(32(26,3)4)25(29(35)38)16-23-19-40-33(5,6)42-31(23)36(35,39)30(20)41-27(37)15-22-10-8-11-24-12-9-13-34(24,7)18-22/h16-17,21-22,24-31,37-39H,8-15,18-19H2,1-7H3. The monoisotopic (exact) mass is 584 g/mol. The fourth-order valence-electron chi connectivity index (χ4n) is 11.8. The van der Waals surface area contributed by atoms with Crippen LogP contribution in [0, 0.1) is 51.8 Å². The molecule has 3 N–H and O–H groups in total. The van der Waals surface area contributed by atoms with Crippen LogP contribution in [0.5, 0.6) is 0 Å². The number of aliphatic hydroxyl groups excluding tert-OH is 2. The van der Waals surface area contributed by atoms with Crippen LogP contribution < -0.4 is 0 Å². The average molecular weight is 585 g/mol. The Morgan fingerprint density at radius 1 is 1.10 bits per heavy atom. The Morgan fingerprint density at radius 3 is 2.60 bits per heavy atom. The third-order valence-corrected chi connectivity index (χ3v) is 14.0. The molecular formula is C36H56O6. The van der Waals surface area contributed by atoms with E-state index in [9.17, 15) is 15.3 Å². The largest absolute Gasteiger partial charge is 0.391 e. The first-order valence-electron chi connectivity index (χ1n) is 17.1. The molecule has 1 heterocycles. The van der Waals surface area contributed by atoms with Crippen LogP contribution >= 0.6 is 0 Å². The Bertz CT molecular complexity index is 1160. The summed E-state index contributed by atoms with van der Waals surface area (Å²) in [5, 5.41) is 37.4. The van der Waals surface area contributed by atoms with Gasteiger partial charge in [0.2, 0.25) is 0 Å². The van der Waals surface area contributed by atoms with Crippen LogP contribution in [0.3, 0.4) is 0 Å². The maximum atomic E-state index is 13.3. The van der Waals surface area contributed by atoms with E-state index < -0.39 is 41.4 Å². The maximum absolute atomic E-state index is 13.3. The summed E-state index contributed by atoms with van der Waals surface area (Å²) in [4.78, 5) is 0. The molecule has 2 bridgehead atoms. The molecule has 0 aromatic rings. The third-order valence-electron chi connectivity index (χ3n) is 14.0. The summed E-state index contributed by atoms with van der Waals surface area (Å²) in [6.45, 7) is 15.5. The smallest absolute Gasteiger partial charge is 0.164 e. The van der Waals surface area contributed by atoms with Crippen LogP contribution in [0.4, 0.5) is 0 Å². The molecule has 0 aromatic heterocycles. The van der Waals surface area contributed by atoms with Crippen molar-refractivity contribution < 1.29 is 29.5 Å². The van der Waals surface area contributed by atoms with Gasteiger partial charge in [0.15, 0.2) is 12.1 Å². The third kappa shape index (κ3) is 4.10. The molecule has 0 aromatic carbocycles. The lowest BCUT2D eigenvalue weighted by Crippen LogP contribution is -2.69. The zero-order valence-electron chi connectivity index (χ0n) is 27.1. The molecule has 236 valence electrons. The van der Waals surface area contributed by atoms with Gasteiger partial charge in [-0.25, -0.2) is 0 Å². The highest BCUT2D eigenvalue weighted by atomic mass is 16.7. The first-order chi connectivity index (χ1) is 19.6. The number of aliphatic hydroxyl groups is 3. The molecular weight excluding hydrogens is 528 g/mol. The maximum Gasteiger partial charge on any atom is 0.164 e. The van der Waals surface area contributed by atoms with Gasteiger partial charge in [-0.3, -0.25) is 0 Å². The minimum Gasteiger partial charge on any atom is -0.391 e. The summed E-state index contributed by atoms with van der Waals surface area (Å²) in [7, 11) is 0. The molecule has 6 nitrogen and oxygen atoms in total. The zero-order valence-corrected chi connectivity index (χ0v) is 27.1. The van der Waals surface area contributed by atoms with Gasteiger partial charge in [-0.15, -0.1) is 0 Å². The Labute approximate surface area is 253 Å². The van der Waals surface area contributed by atoms with Crippen molar-refractivity contribution in [3.8, 4) is 0 Å². The van der Waals surface area contributed by atoms with E-state index in [0.717, 1.165) is 36.3 Å². The lowest BCUT2D eigenvalue weighted by atomic mass is 9.58. The highest BCUT2D eigenvalue weighted by Crippen LogP contribution is 2.73. The van der Waals surface area contributed by atoms with Gasteiger partial charge in [0.05, 0.1) is 18.1 Å². The van der Waals surface area contributed by atoms with Crippen LogP contribution in [0.1, 0.15) is 106 Å². The molecule has 1 saturated heterocycles. The van der Waals surface area contributed by atoms with E-state index in [4.69, 9.17) is 14.2 Å². The van der Waals surface area contributed by atoms with Crippen molar-refractivity contribution in [3.05, 3.63) is 23.3 Å². The molecule has 0 radical (unpaired) electrons. The van der Waals surface area contributed by atoms with E-state index in [2.05, 4.69) is 39.8 Å². The van der Waals surface area contributed by atoms with E-state index in [1.54, 1.807) is 0 Å². The average Bonchev–Trinajstić information content (AvgIpc) is 3.24. The zero-order chi connectivity index (χ0) is 30.0. The van der Waals surface area contributed by atoms with E-state index in [0.29, 0.717) is 36.2 Å². The fourth-order valence-corrected chi connectivity index (χ4v) is 11.8. The minimum absolute atomic E-state index is 0.000816. The van der Waals surface area contributed by atoms with Crippen LogP contribution in [0.25, 0.3) is 0 Å². The topological polar surface area (TPSA) is 88.4 Å². The van der Waals surface area contributed by atoms with E-state index in [1.807, 2.05) is 20.8 Å². The van der Waals surface area contributed by atoms with Crippen molar-refractivity contribution in [2.45, 2.75) is 142 Å². The van der Waals surface area contributed by atoms with Gasteiger partial charge in [-0.05, 0) is 104 Å². The molecule has 1 spiro atoms. The predicted octanol–water partition coefficient (Wildman–Crippen LogP) is 6.13. The molecule has 5 fully saturated rings. The second kappa shape index (κ2) is 9.62. The highest BCUT2D eigenvalue weighted by Gasteiger charge is 2.76. The van der Waals surface area contributed by atoms with Gasteiger partial charge >= 0.3 is 0 Å². The van der Waals surface area contributed by atoms with Crippen molar-refractivity contribution in [2.75, 3.05) is 6.61 Å². The van der Waals surface area contributed by atoms with Gasteiger partial charge in [0, 0.05) is 12.3 Å². The van der Waals surface area contributed by atoms with Gasteiger partial charge in [0.1, 0.15) is 17.8 Å². The van der Waals surface area contributed by atoms with E-state index in [1.165, 1.54) is 32.1 Å². The van der Waals surface area contributed by atoms with Crippen molar-refractivity contribution >= 4 is 0 Å². The lowest BCUT2D eigenvalue weighted by Gasteiger charge is -2.55. The highest BCUT2D eigenvalue weighted by molar-refractivity contribution is 5.44. The quantitative estimate of drug-likeness (QED) is 0.272. The molecule has 6 heteroatoms. The van der Waals surface area contributed by atoms with Crippen LogP contribution in [0.2, 0.25) is 0 Å². The Balaban J connectivity index is 1.23. The molecule has 42 heavy (non-hydrogen) atoms. The Kier molecular flexibility index (Phi) is 6.86. The normalized spacial score (nSPS) is 52.8. The second-order valence-corrected chi connectivity index (χ2v) is 17.1. The van der Waals surface area contributed by atoms with Crippen molar-refractivity contribution in [2.24, 2.45) is 51.8 Å². The minimum atomic E-state index is -1.58. The molecule has 6 aliphatic carbocycles. The van der Waals surface area contributed by atoms with Gasteiger partial charge in [-0.2, -0.15) is 0 Å². The lowest BCUT2D eigenvalue weighted by molar-refractivity contribution is -0.323.